The molecule has 8 aliphatic rings. The summed E-state index contributed by atoms with van der Waals surface area (Å²) in [6.45, 7) is 0. The van der Waals surface area contributed by atoms with Crippen LogP contribution in [0.3, 0.4) is 0 Å². The summed E-state index contributed by atoms with van der Waals surface area (Å²) in [5.74, 6) is 6.28. The zero-order chi connectivity index (χ0) is 19.2. The average Bonchev–Trinajstić information content (AvgIpc) is 3.47. The zero-order valence-corrected chi connectivity index (χ0v) is 16.3. The second kappa shape index (κ2) is 4.71. The summed E-state index contributed by atoms with van der Waals surface area (Å²) in [7, 11) is 3.29. The molecular weight excluding hydrogens is 356 g/mol. The first-order valence-corrected chi connectivity index (χ1v) is 11.0. The van der Waals surface area contributed by atoms with Crippen LogP contribution in [-0.4, -0.2) is 47.5 Å². The van der Waals surface area contributed by atoms with Gasteiger partial charge in [0.05, 0.1) is 23.7 Å². The molecule has 6 heteroatoms. The summed E-state index contributed by atoms with van der Waals surface area (Å²) in [6.07, 6.45) is 4.92. The maximum absolute atomic E-state index is 11.9. The Hall–Kier alpha value is -1.72. The Kier molecular flexibility index (Phi) is 2.71. The van der Waals surface area contributed by atoms with Gasteiger partial charge in [-0.3, -0.25) is 29.0 Å². The molecule has 0 aromatic heterocycles. The maximum atomic E-state index is 11.9. The quantitative estimate of drug-likeness (QED) is 0.586. The van der Waals surface area contributed by atoms with Crippen LogP contribution in [0.1, 0.15) is 25.7 Å². The van der Waals surface area contributed by atoms with E-state index in [1.165, 1.54) is 22.6 Å². The summed E-state index contributed by atoms with van der Waals surface area (Å²) in [5, 5.41) is 0. The lowest BCUT2D eigenvalue weighted by molar-refractivity contribution is -0.140. The van der Waals surface area contributed by atoms with E-state index in [9.17, 15) is 19.2 Å². The third-order valence-electron chi connectivity index (χ3n) is 10.2. The van der Waals surface area contributed by atoms with Crippen molar-refractivity contribution in [3.63, 3.8) is 0 Å². The number of carbonyl (C=O) groups is 4. The smallest absolute Gasteiger partial charge is 0.233 e. The van der Waals surface area contributed by atoms with E-state index in [4.69, 9.17) is 0 Å². The number of carbonyl (C=O) groups excluding carboxylic acids is 4. The van der Waals surface area contributed by atoms with Gasteiger partial charge >= 0.3 is 0 Å². The number of amides is 4. The number of imide groups is 2. The molecule has 2 heterocycles. The third kappa shape index (κ3) is 1.61. The van der Waals surface area contributed by atoms with E-state index in [2.05, 4.69) is 0 Å². The topological polar surface area (TPSA) is 74.8 Å². The van der Waals surface area contributed by atoms with Crippen LogP contribution < -0.4 is 0 Å². The fourth-order valence-electron chi connectivity index (χ4n) is 8.94. The van der Waals surface area contributed by atoms with Gasteiger partial charge in [0.15, 0.2) is 0 Å². The molecule has 0 N–H and O–H groups in total. The number of hydrogen-bond acceptors (Lipinski definition) is 4. The Bertz CT molecular complexity index is 735. The van der Waals surface area contributed by atoms with Gasteiger partial charge in [0.25, 0.3) is 0 Å². The van der Waals surface area contributed by atoms with E-state index >= 15 is 0 Å². The van der Waals surface area contributed by atoms with Crippen molar-refractivity contribution in [1.29, 1.82) is 0 Å². The van der Waals surface area contributed by atoms with Crippen LogP contribution in [0.4, 0.5) is 0 Å². The van der Waals surface area contributed by atoms with Gasteiger partial charge in [-0.25, -0.2) is 0 Å². The van der Waals surface area contributed by atoms with E-state index in [0.29, 0.717) is 23.7 Å². The molecule has 4 unspecified atom stereocenters. The van der Waals surface area contributed by atoms with Crippen molar-refractivity contribution >= 4 is 23.6 Å². The SMILES string of the molecule is CN1C(=O)[C@@H]2C3CC([C@H]4C[C@@H]34)[C@@H]2C1=O.CN1C(=O)[C@@H]2C3CC([C@H]4C[C@H]34)[C@@H]2C1=O. The van der Waals surface area contributed by atoms with Crippen LogP contribution in [0.15, 0.2) is 0 Å². The van der Waals surface area contributed by atoms with E-state index in [0.717, 1.165) is 36.5 Å². The highest BCUT2D eigenvalue weighted by Gasteiger charge is 2.72. The normalized spacial score (nSPS) is 57.9. The molecule has 6 saturated carbocycles. The highest BCUT2D eigenvalue weighted by molar-refractivity contribution is 6.06. The lowest BCUT2D eigenvalue weighted by atomic mass is 9.81. The van der Waals surface area contributed by atoms with Crippen molar-refractivity contribution in [3.8, 4) is 0 Å². The largest absolute Gasteiger partial charge is 0.285 e. The van der Waals surface area contributed by atoms with Gasteiger partial charge in [0, 0.05) is 14.1 Å². The summed E-state index contributed by atoms with van der Waals surface area (Å²) >= 11 is 0. The second-order valence-corrected chi connectivity index (χ2v) is 10.8. The number of hydrogen-bond donors (Lipinski definition) is 0. The highest BCUT2D eigenvalue weighted by Crippen LogP contribution is 2.72. The molecule has 8 fully saturated rings. The number of rotatable bonds is 0. The Morgan fingerprint density at radius 3 is 0.929 bits per heavy atom. The molecule has 4 bridgehead atoms. The number of fused-ring (bicyclic) bond motifs is 16. The average molecular weight is 382 g/mol. The van der Waals surface area contributed by atoms with Crippen molar-refractivity contribution in [2.75, 3.05) is 14.1 Å². The van der Waals surface area contributed by atoms with Gasteiger partial charge in [-0.1, -0.05) is 0 Å². The summed E-state index contributed by atoms with van der Waals surface area (Å²) < 4.78 is 0. The first-order valence-electron chi connectivity index (χ1n) is 11.0. The number of likely N-dealkylation sites (tertiary alicyclic amines) is 2. The standard InChI is InChI=1S/2C11H13NO2/c2*1-12-10(13)8-6-3-7(5-2-4(5)6)9(8)11(12)14/h2*4-9H,2-3H2,1H3/t4-,5+,6?,7?,8-,9+;4-,5-,6?,7?,8-,9+/m.0/s1. The van der Waals surface area contributed by atoms with E-state index in [1.54, 1.807) is 14.1 Å². The van der Waals surface area contributed by atoms with Crippen LogP contribution in [-0.2, 0) is 19.2 Å². The summed E-state index contributed by atoms with van der Waals surface area (Å²) in [6, 6.07) is 0. The Balaban J connectivity index is 0.000000103. The first-order chi connectivity index (χ1) is 13.4. The molecule has 28 heavy (non-hydrogen) atoms. The van der Waals surface area contributed by atoms with Crippen molar-refractivity contribution in [1.82, 2.24) is 9.80 Å². The summed E-state index contributed by atoms with van der Waals surface area (Å²) in [4.78, 5) is 50.2. The molecule has 4 amide bonds. The van der Waals surface area contributed by atoms with Gasteiger partial charge in [-0.2, -0.15) is 0 Å². The van der Waals surface area contributed by atoms with Crippen molar-refractivity contribution < 1.29 is 19.2 Å². The zero-order valence-electron chi connectivity index (χ0n) is 16.3. The van der Waals surface area contributed by atoms with Crippen LogP contribution in [0.5, 0.6) is 0 Å². The van der Waals surface area contributed by atoms with Gasteiger partial charge in [0.2, 0.25) is 23.6 Å². The molecule has 0 spiro atoms. The van der Waals surface area contributed by atoms with E-state index in [1.807, 2.05) is 0 Å². The minimum atomic E-state index is 0.0845. The molecule has 0 aromatic carbocycles. The second-order valence-electron chi connectivity index (χ2n) is 10.8. The molecule has 2 saturated heterocycles. The van der Waals surface area contributed by atoms with Gasteiger partial charge in [-0.15, -0.1) is 0 Å². The Morgan fingerprint density at radius 2 is 0.679 bits per heavy atom. The Morgan fingerprint density at radius 1 is 0.464 bits per heavy atom. The van der Waals surface area contributed by atoms with Crippen LogP contribution >= 0.6 is 0 Å². The predicted octanol–water partition coefficient (Wildman–Crippen LogP) is 1.01. The minimum absolute atomic E-state index is 0.0845. The predicted molar refractivity (Wildman–Crippen MR) is 95.9 cm³/mol. The molecule has 8 rings (SSSR count). The molecule has 0 radical (unpaired) electrons. The molecular formula is C22H26N2O4. The molecule has 148 valence electrons. The van der Waals surface area contributed by atoms with E-state index in [-0.39, 0.29) is 47.3 Å². The fourth-order valence-corrected chi connectivity index (χ4v) is 8.94. The molecule has 6 aliphatic carbocycles. The van der Waals surface area contributed by atoms with Crippen LogP contribution in [0.2, 0.25) is 0 Å². The molecule has 12 atom stereocenters. The van der Waals surface area contributed by atoms with Crippen molar-refractivity contribution in [3.05, 3.63) is 0 Å². The first kappa shape index (κ1) is 16.1. The lowest BCUT2D eigenvalue weighted by Crippen LogP contribution is -2.28. The van der Waals surface area contributed by atoms with Gasteiger partial charge in [-0.05, 0) is 73.0 Å². The summed E-state index contributed by atoms with van der Waals surface area (Å²) in [5.41, 5.74) is 0. The molecule has 0 aromatic rings. The van der Waals surface area contributed by atoms with Gasteiger partial charge < -0.3 is 0 Å². The van der Waals surface area contributed by atoms with Crippen molar-refractivity contribution in [2.45, 2.75) is 25.7 Å². The Labute approximate surface area is 164 Å². The van der Waals surface area contributed by atoms with Gasteiger partial charge in [0.1, 0.15) is 0 Å². The highest BCUT2D eigenvalue weighted by atomic mass is 16.2. The van der Waals surface area contributed by atoms with Crippen LogP contribution in [0.25, 0.3) is 0 Å². The third-order valence-corrected chi connectivity index (χ3v) is 10.2. The van der Waals surface area contributed by atoms with Crippen LogP contribution in [0, 0.1) is 71.0 Å². The monoisotopic (exact) mass is 382 g/mol. The molecule has 6 nitrogen and oxygen atoms in total. The molecule has 2 aliphatic heterocycles. The van der Waals surface area contributed by atoms with E-state index < -0.39 is 0 Å². The minimum Gasteiger partial charge on any atom is -0.285 e. The maximum Gasteiger partial charge on any atom is 0.233 e. The number of nitrogens with zero attached hydrogens (tertiary/aromatic N) is 2. The fraction of sp³-hybridized carbons (Fsp3) is 0.818. The van der Waals surface area contributed by atoms with Crippen molar-refractivity contribution in [2.24, 2.45) is 71.0 Å². The lowest BCUT2D eigenvalue weighted by Gasteiger charge is -2.18.